The largest absolute Gasteiger partial charge is 0.457 e. The number of aryl methyl sites for hydroxylation is 1. The van der Waals surface area contributed by atoms with Crippen molar-refractivity contribution in [2.45, 2.75) is 88.4 Å². The van der Waals surface area contributed by atoms with Crippen LogP contribution in [0, 0.1) is 0 Å². The summed E-state index contributed by atoms with van der Waals surface area (Å²) in [5.74, 6) is -0.416. The lowest BCUT2D eigenvalue weighted by Crippen LogP contribution is -2.33. The smallest absolute Gasteiger partial charge is 0.419 e. The normalized spacial score (nSPS) is 14.9. The molecule has 284 valence electrons. The highest BCUT2D eigenvalue weighted by Crippen LogP contribution is 2.52. The van der Waals surface area contributed by atoms with Gasteiger partial charge in [-0.25, -0.2) is 0 Å². The van der Waals surface area contributed by atoms with Crippen LogP contribution < -0.4 is 20.9 Å². The van der Waals surface area contributed by atoms with Gasteiger partial charge in [0.1, 0.15) is 23.0 Å². The third kappa shape index (κ3) is 8.97. The van der Waals surface area contributed by atoms with Crippen LogP contribution in [0.15, 0.2) is 109 Å². The molecule has 0 aromatic heterocycles. The predicted molar refractivity (Wildman–Crippen MR) is 201 cm³/mol. The molecule has 4 N–H and O–H groups in total. The Morgan fingerprint density at radius 3 is 1.48 bits per heavy atom. The lowest BCUT2D eigenvalue weighted by atomic mass is 9.62. The maximum Gasteiger partial charge on any atom is 0.419 e. The van der Waals surface area contributed by atoms with E-state index in [1.54, 1.807) is 12.1 Å². The summed E-state index contributed by atoms with van der Waals surface area (Å²) in [5.41, 5.74) is 12.0. The van der Waals surface area contributed by atoms with E-state index in [4.69, 9.17) is 20.9 Å². The first kappa shape index (κ1) is 38.6. The van der Waals surface area contributed by atoms with E-state index in [0.29, 0.717) is 37.1 Å². The molecule has 5 aromatic rings. The monoisotopic (exact) mass is 746 g/mol. The van der Waals surface area contributed by atoms with Crippen LogP contribution in [-0.2, 0) is 24.2 Å². The Morgan fingerprint density at radius 2 is 1.06 bits per heavy atom. The maximum atomic E-state index is 14.8. The van der Waals surface area contributed by atoms with Gasteiger partial charge in [-0.2, -0.15) is 26.3 Å². The zero-order valence-electron chi connectivity index (χ0n) is 30.1. The van der Waals surface area contributed by atoms with E-state index in [2.05, 4.69) is 31.2 Å². The lowest BCUT2D eigenvalue weighted by Gasteiger charge is -2.42. The van der Waals surface area contributed by atoms with Gasteiger partial charge in [-0.3, -0.25) is 0 Å². The van der Waals surface area contributed by atoms with Crippen LogP contribution in [0.1, 0.15) is 97.6 Å². The van der Waals surface area contributed by atoms with Crippen LogP contribution in [0.4, 0.5) is 37.7 Å². The van der Waals surface area contributed by atoms with Gasteiger partial charge in [0.05, 0.1) is 11.1 Å². The first-order chi connectivity index (χ1) is 25.7. The van der Waals surface area contributed by atoms with Gasteiger partial charge in [-0.15, -0.1) is 0 Å². The topological polar surface area (TPSA) is 70.5 Å². The van der Waals surface area contributed by atoms with Crippen LogP contribution >= 0.6 is 0 Å². The van der Waals surface area contributed by atoms with Crippen molar-refractivity contribution in [3.05, 3.63) is 143 Å². The molecule has 1 aliphatic carbocycles. The minimum Gasteiger partial charge on any atom is -0.457 e. The molecule has 0 heterocycles. The summed E-state index contributed by atoms with van der Waals surface area (Å²) in [6.45, 7) is 2.18. The number of nitrogens with two attached hydrogens (primary N) is 2. The Balaban J connectivity index is 1.38. The number of anilines is 2. The highest BCUT2D eigenvalue weighted by atomic mass is 19.4. The second kappa shape index (κ2) is 16.1. The molecular formula is C44H44F6N2O2. The molecule has 0 saturated heterocycles. The van der Waals surface area contributed by atoms with E-state index in [1.165, 1.54) is 85.5 Å². The van der Waals surface area contributed by atoms with Crippen molar-refractivity contribution in [2.75, 3.05) is 11.5 Å². The number of ether oxygens (including phenoxy) is 2. The predicted octanol–water partition coefficient (Wildman–Crippen LogP) is 13.2. The summed E-state index contributed by atoms with van der Waals surface area (Å²) in [7, 11) is 0. The number of halogens is 6. The van der Waals surface area contributed by atoms with Crippen molar-refractivity contribution in [1.29, 1.82) is 0 Å². The van der Waals surface area contributed by atoms with E-state index in [9.17, 15) is 26.3 Å². The molecule has 1 fully saturated rings. The Labute approximate surface area is 312 Å². The SMILES string of the molecule is CCCCCCc1ccc(C2CCC(c3ccc(Oc4ccc(N)cc4)c(C(F)(F)F)c3)(c3ccc(Oc4ccc(N)cc4)c(C(F)(F)F)c3)CC2)cc1. The molecule has 6 rings (SSSR count). The van der Waals surface area contributed by atoms with Crippen LogP contribution in [0.2, 0.25) is 0 Å². The third-order valence-electron chi connectivity index (χ3n) is 10.5. The highest BCUT2D eigenvalue weighted by Gasteiger charge is 2.44. The summed E-state index contributed by atoms with van der Waals surface area (Å²) >= 11 is 0. The number of benzene rings is 5. The van der Waals surface area contributed by atoms with E-state index in [0.717, 1.165) is 30.5 Å². The van der Waals surface area contributed by atoms with Gasteiger partial charge in [-0.05, 0) is 139 Å². The molecule has 10 heteroatoms. The first-order valence-electron chi connectivity index (χ1n) is 18.3. The van der Waals surface area contributed by atoms with Crippen molar-refractivity contribution in [3.63, 3.8) is 0 Å². The molecule has 0 atom stereocenters. The number of hydrogen-bond acceptors (Lipinski definition) is 4. The molecular weight excluding hydrogens is 702 g/mol. The summed E-state index contributed by atoms with van der Waals surface area (Å²) < 4.78 is 99.9. The van der Waals surface area contributed by atoms with Gasteiger partial charge in [0.15, 0.2) is 0 Å². The van der Waals surface area contributed by atoms with Crippen LogP contribution in [-0.4, -0.2) is 0 Å². The molecule has 1 aliphatic rings. The zero-order chi connectivity index (χ0) is 38.5. The average molecular weight is 747 g/mol. The first-order valence-corrected chi connectivity index (χ1v) is 18.3. The maximum absolute atomic E-state index is 14.8. The molecule has 0 bridgehead atoms. The van der Waals surface area contributed by atoms with Crippen molar-refractivity contribution < 1.29 is 35.8 Å². The Morgan fingerprint density at radius 1 is 0.593 bits per heavy atom. The molecule has 0 amide bonds. The fourth-order valence-corrected chi connectivity index (χ4v) is 7.50. The number of alkyl halides is 6. The molecule has 0 unspecified atom stereocenters. The third-order valence-corrected chi connectivity index (χ3v) is 10.5. The molecule has 0 radical (unpaired) electrons. The van der Waals surface area contributed by atoms with Gasteiger partial charge in [-0.1, -0.05) is 62.6 Å². The van der Waals surface area contributed by atoms with Gasteiger partial charge in [0, 0.05) is 16.8 Å². The van der Waals surface area contributed by atoms with E-state index < -0.39 is 40.4 Å². The summed E-state index contributed by atoms with van der Waals surface area (Å²) in [6.07, 6.45) is -2.21. The summed E-state index contributed by atoms with van der Waals surface area (Å²) in [6, 6.07) is 28.1. The van der Waals surface area contributed by atoms with Gasteiger partial charge in [0.2, 0.25) is 0 Å². The number of hydrogen-bond donors (Lipinski definition) is 2. The highest BCUT2D eigenvalue weighted by molar-refractivity contribution is 5.53. The number of nitrogen functional groups attached to an aromatic ring is 2. The molecule has 0 spiro atoms. The Kier molecular flexibility index (Phi) is 11.5. The molecule has 4 nitrogen and oxygen atoms in total. The molecule has 5 aromatic carbocycles. The minimum atomic E-state index is -4.82. The molecule has 1 saturated carbocycles. The summed E-state index contributed by atoms with van der Waals surface area (Å²) in [5, 5.41) is 0. The summed E-state index contributed by atoms with van der Waals surface area (Å²) in [4.78, 5) is 0. The minimum absolute atomic E-state index is 0.0951. The van der Waals surface area contributed by atoms with Gasteiger partial charge in [0.25, 0.3) is 0 Å². The lowest BCUT2D eigenvalue weighted by molar-refractivity contribution is -0.139. The Bertz CT molecular complexity index is 1890. The van der Waals surface area contributed by atoms with Crippen molar-refractivity contribution in [1.82, 2.24) is 0 Å². The standard InChI is InChI=1S/C44H44F6N2O2/c1-2-3-4-5-6-29-7-9-30(10-8-29)31-23-25-42(26-24-31,32-11-21-40(38(27-32)43(45,46)47)53-36-17-13-34(51)14-18-36)33-12-22-41(39(28-33)44(48,49)50)54-37-19-15-35(52)16-20-37/h7-22,27-28,31H,2-6,23-26,51-52H2,1H3. The van der Waals surface area contributed by atoms with Crippen LogP contribution in [0.25, 0.3) is 0 Å². The van der Waals surface area contributed by atoms with Crippen molar-refractivity contribution >= 4 is 11.4 Å². The fraction of sp³-hybridized carbons (Fsp3) is 0.318. The number of unbranched alkanes of at least 4 members (excludes halogenated alkanes) is 3. The molecule has 0 aliphatic heterocycles. The fourth-order valence-electron chi connectivity index (χ4n) is 7.50. The van der Waals surface area contributed by atoms with Crippen molar-refractivity contribution in [3.8, 4) is 23.0 Å². The average Bonchev–Trinajstić information content (AvgIpc) is 3.15. The van der Waals surface area contributed by atoms with Gasteiger partial charge < -0.3 is 20.9 Å². The zero-order valence-corrected chi connectivity index (χ0v) is 30.1. The Hall–Kier alpha value is -5.12. The quantitative estimate of drug-likeness (QED) is 0.0758. The van der Waals surface area contributed by atoms with E-state index in [-0.39, 0.29) is 28.5 Å². The number of rotatable bonds is 12. The van der Waals surface area contributed by atoms with E-state index in [1.807, 2.05) is 0 Å². The second-order valence-corrected chi connectivity index (χ2v) is 14.2. The van der Waals surface area contributed by atoms with Crippen LogP contribution in [0.3, 0.4) is 0 Å². The van der Waals surface area contributed by atoms with Gasteiger partial charge >= 0.3 is 12.4 Å². The van der Waals surface area contributed by atoms with Crippen LogP contribution in [0.5, 0.6) is 23.0 Å². The van der Waals surface area contributed by atoms with E-state index >= 15 is 0 Å². The van der Waals surface area contributed by atoms with Crippen molar-refractivity contribution in [2.24, 2.45) is 0 Å². The molecule has 54 heavy (non-hydrogen) atoms. The second-order valence-electron chi connectivity index (χ2n) is 14.2.